The van der Waals surface area contributed by atoms with Gasteiger partial charge in [0, 0.05) is 23.5 Å². The number of hydrogen-bond donors (Lipinski definition) is 1. The summed E-state index contributed by atoms with van der Waals surface area (Å²) in [5.74, 6) is 0. The van der Waals surface area contributed by atoms with Gasteiger partial charge in [0.25, 0.3) is 0 Å². The minimum absolute atomic E-state index is 0.404. The Hall–Kier alpha value is -0.610. The van der Waals surface area contributed by atoms with Crippen molar-refractivity contribution in [3.63, 3.8) is 0 Å². The van der Waals surface area contributed by atoms with E-state index in [2.05, 4.69) is 31.0 Å². The first-order valence-corrected chi connectivity index (χ1v) is 7.36. The lowest BCUT2D eigenvalue weighted by atomic mass is 10.1. The van der Waals surface area contributed by atoms with Gasteiger partial charge in [0.05, 0.1) is 5.69 Å². The molecule has 0 aliphatic carbocycles. The lowest BCUT2D eigenvalue weighted by Crippen LogP contribution is -2.37. The van der Waals surface area contributed by atoms with Crippen LogP contribution in [0.3, 0.4) is 0 Å². The van der Waals surface area contributed by atoms with Gasteiger partial charge in [-0.05, 0) is 47.1 Å². The van der Waals surface area contributed by atoms with Crippen molar-refractivity contribution in [2.45, 2.75) is 52.1 Å². The van der Waals surface area contributed by atoms with E-state index in [0.29, 0.717) is 12.1 Å². The fourth-order valence-corrected chi connectivity index (χ4v) is 3.69. The van der Waals surface area contributed by atoms with Crippen molar-refractivity contribution in [2.75, 3.05) is 18.5 Å². The smallest absolute Gasteiger partial charge is 0.186 e. The Morgan fingerprint density at radius 2 is 2.24 bits per heavy atom. The molecule has 3 nitrogen and oxygen atoms in total. The van der Waals surface area contributed by atoms with Crippen LogP contribution < -0.4 is 10.2 Å². The molecule has 1 fully saturated rings. The van der Waals surface area contributed by atoms with Gasteiger partial charge in [0.1, 0.15) is 0 Å². The first kappa shape index (κ1) is 12.8. The zero-order valence-electron chi connectivity index (χ0n) is 11.3. The van der Waals surface area contributed by atoms with Crippen LogP contribution in [0.5, 0.6) is 0 Å². The van der Waals surface area contributed by atoms with E-state index in [-0.39, 0.29) is 0 Å². The molecule has 17 heavy (non-hydrogen) atoms. The second-order valence-corrected chi connectivity index (χ2v) is 6.00. The van der Waals surface area contributed by atoms with Crippen LogP contribution in [0.2, 0.25) is 0 Å². The summed E-state index contributed by atoms with van der Waals surface area (Å²) in [4.78, 5) is 8.61. The molecular weight excluding hydrogens is 230 g/mol. The van der Waals surface area contributed by atoms with Gasteiger partial charge in [-0.15, -0.1) is 11.3 Å². The molecular formula is C13H23N3S. The summed E-state index contributed by atoms with van der Waals surface area (Å²) in [6.07, 6.45) is 3.97. The molecule has 0 saturated carbocycles. The molecule has 1 saturated heterocycles. The number of rotatable bonds is 3. The highest BCUT2D eigenvalue weighted by molar-refractivity contribution is 7.15. The monoisotopic (exact) mass is 253 g/mol. The van der Waals surface area contributed by atoms with Crippen LogP contribution in [0, 0.1) is 6.92 Å². The summed E-state index contributed by atoms with van der Waals surface area (Å²) < 4.78 is 0. The van der Waals surface area contributed by atoms with Crippen molar-refractivity contribution in [3.8, 4) is 0 Å². The summed E-state index contributed by atoms with van der Waals surface area (Å²) >= 11 is 1.85. The SMILES string of the molecule is CNC(C)c1sc(N2CCCCC2C)nc1C. The Balaban J connectivity index is 2.21. The van der Waals surface area contributed by atoms with Gasteiger partial charge in [-0.3, -0.25) is 0 Å². The van der Waals surface area contributed by atoms with E-state index in [1.54, 1.807) is 0 Å². The number of anilines is 1. The number of aromatic nitrogens is 1. The molecule has 2 atom stereocenters. The molecule has 0 amide bonds. The fourth-order valence-electron chi connectivity index (χ4n) is 2.43. The van der Waals surface area contributed by atoms with E-state index in [1.807, 2.05) is 18.4 Å². The number of piperidine rings is 1. The van der Waals surface area contributed by atoms with E-state index >= 15 is 0 Å². The molecule has 0 spiro atoms. The lowest BCUT2D eigenvalue weighted by molar-refractivity contribution is 0.484. The maximum atomic E-state index is 4.76. The molecule has 96 valence electrons. The minimum atomic E-state index is 0.404. The highest BCUT2D eigenvalue weighted by Crippen LogP contribution is 2.33. The maximum absolute atomic E-state index is 4.76. The molecule has 2 rings (SSSR count). The van der Waals surface area contributed by atoms with E-state index in [9.17, 15) is 0 Å². The van der Waals surface area contributed by atoms with Crippen molar-refractivity contribution in [1.29, 1.82) is 0 Å². The molecule has 4 heteroatoms. The molecule has 1 aliphatic rings. The van der Waals surface area contributed by atoms with Gasteiger partial charge in [-0.25, -0.2) is 4.98 Å². The van der Waals surface area contributed by atoms with Crippen molar-refractivity contribution >= 4 is 16.5 Å². The van der Waals surface area contributed by atoms with Crippen LogP contribution in [0.25, 0.3) is 0 Å². The van der Waals surface area contributed by atoms with Crippen molar-refractivity contribution < 1.29 is 0 Å². The Morgan fingerprint density at radius 1 is 1.47 bits per heavy atom. The third kappa shape index (κ3) is 2.63. The first-order valence-electron chi connectivity index (χ1n) is 6.54. The molecule has 1 aliphatic heterocycles. The van der Waals surface area contributed by atoms with Crippen molar-refractivity contribution in [3.05, 3.63) is 10.6 Å². The quantitative estimate of drug-likeness (QED) is 0.897. The van der Waals surface area contributed by atoms with Crippen LogP contribution in [0.1, 0.15) is 49.7 Å². The van der Waals surface area contributed by atoms with Gasteiger partial charge in [0.2, 0.25) is 0 Å². The first-order chi connectivity index (χ1) is 8.13. The summed E-state index contributed by atoms with van der Waals surface area (Å²) in [5, 5.41) is 4.52. The molecule has 2 unspecified atom stereocenters. The summed E-state index contributed by atoms with van der Waals surface area (Å²) in [6.45, 7) is 7.81. The average molecular weight is 253 g/mol. The Morgan fingerprint density at radius 3 is 2.88 bits per heavy atom. The van der Waals surface area contributed by atoms with Crippen molar-refractivity contribution in [1.82, 2.24) is 10.3 Å². The van der Waals surface area contributed by atoms with Crippen LogP contribution in [-0.2, 0) is 0 Å². The minimum Gasteiger partial charge on any atom is -0.345 e. The lowest BCUT2D eigenvalue weighted by Gasteiger charge is -2.33. The number of nitrogens with one attached hydrogen (secondary N) is 1. The summed E-state index contributed by atoms with van der Waals surface area (Å²) in [7, 11) is 2.01. The number of nitrogens with zero attached hydrogens (tertiary/aromatic N) is 2. The highest BCUT2D eigenvalue weighted by Gasteiger charge is 2.23. The van der Waals surface area contributed by atoms with E-state index in [0.717, 1.165) is 0 Å². The average Bonchev–Trinajstić information content (AvgIpc) is 2.71. The van der Waals surface area contributed by atoms with Gasteiger partial charge >= 0.3 is 0 Å². The molecule has 2 heterocycles. The maximum Gasteiger partial charge on any atom is 0.186 e. The van der Waals surface area contributed by atoms with E-state index in [1.165, 1.54) is 41.5 Å². The predicted molar refractivity (Wildman–Crippen MR) is 75.0 cm³/mol. The van der Waals surface area contributed by atoms with Gasteiger partial charge < -0.3 is 10.2 Å². The van der Waals surface area contributed by atoms with Crippen LogP contribution in [0.15, 0.2) is 0 Å². The molecule has 0 bridgehead atoms. The Bertz CT molecular complexity index is 375. The van der Waals surface area contributed by atoms with Crippen LogP contribution >= 0.6 is 11.3 Å². The van der Waals surface area contributed by atoms with Gasteiger partial charge in [-0.2, -0.15) is 0 Å². The third-order valence-electron chi connectivity index (χ3n) is 3.70. The second kappa shape index (κ2) is 5.36. The van der Waals surface area contributed by atoms with Crippen LogP contribution in [0.4, 0.5) is 5.13 Å². The third-order valence-corrected chi connectivity index (χ3v) is 5.07. The number of thiazole rings is 1. The standard InChI is InChI=1S/C13H23N3S/c1-9-7-5-6-8-16(9)13-15-11(3)12(17-13)10(2)14-4/h9-10,14H,5-8H2,1-4H3. The Kier molecular flexibility index (Phi) is 4.05. The molecule has 1 aromatic heterocycles. The summed E-state index contributed by atoms with van der Waals surface area (Å²) in [5.41, 5.74) is 1.18. The second-order valence-electron chi connectivity index (χ2n) is 4.99. The van der Waals surface area contributed by atoms with Gasteiger partial charge in [-0.1, -0.05) is 0 Å². The fraction of sp³-hybridized carbons (Fsp3) is 0.769. The zero-order valence-corrected chi connectivity index (χ0v) is 12.1. The molecule has 1 N–H and O–H groups in total. The Labute approximate surface area is 108 Å². The highest BCUT2D eigenvalue weighted by atomic mass is 32.1. The normalized spacial score (nSPS) is 22.8. The number of hydrogen-bond acceptors (Lipinski definition) is 4. The molecule has 0 aromatic carbocycles. The topological polar surface area (TPSA) is 28.2 Å². The molecule has 1 aromatic rings. The zero-order chi connectivity index (χ0) is 12.4. The summed E-state index contributed by atoms with van der Waals surface area (Å²) in [6, 6.07) is 1.05. The largest absolute Gasteiger partial charge is 0.345 e. The van der Waals surface area contributed by atoms with Gasteiger partial charge in [0.15, 0.2) is 5.13 Å². The van der Waals surface area contributed by atoms with E-state index < -0.39 is 0 Å². The molecule has 0 radical (unpaired) electrons. The predicted octanol–water partition coefficient (Wildman–Crippen LogP) is 3.11. The van der Waals surface area contributed by atoms with E-state index in [4.69, 9.17) is 4.98 Å². The number of aryl methyl sites for hydroxylation is 1. The van der Waals surface area contributed by atoms with Crippen LogP contribution in [-0.4, -0.2) is 24.6 Å². The van der Waals surface area contributed by atoms with Crippen molar-refractivity contribution in [2.24, 2.45) is 0 Å².